The molecule has 0 spiro atoms. The van der Waals surface area contributed by atoms with E-state index in [9.17, 15) is 18.0 Å². The van der Waals surface area contributed by atoms with Gasteiger partial charge in [-0.15, -0.1) is 0 Å². The van der Waals surface area contributed by atoms with E-state index in [-0.39, 0.29) is 24.0 Å². The van der Waals surface area contributed by atoms with Crippen LogP contribution in [0.5, 0.6) is 0 Å². The van der Waals surface area contributed by atoms with E-state index >= 15 is 0 Å². The maximum Gasteiger partial charge on any atom is 0.391 e. The second-order valence-corrected chi connectivity index (χ2v) is 5.12. The summed E-state index contributed by atoms with van der Waals surface area (Å²) in [5.41, 5.74) is 0. The van der Waals surface area contributed by atoms with Gasteiger partial charge in [-0.1, -0.05) is 20.3 Å². The van der Waals surface area contributed by atoms with E-state index in [0.717, 1.165) is 6.42 Å². The number of alkyl halides is 3. The van der Waals surface area contributed by atoms with E-state index in [0.29, 0.717) is 0 Å². The lowest BCUT2D eigenvalue weighted by atomic mass is 9.99. The van der Waals surface area contributed by atoms with Gasteiger partial charge in [0.1, 0.15) is 0 Å². The van der Waals surface area contributed by atoms with E-state index in [1.54, 1.807) is 6.92 Å². The predicted octanol–water partition coefficient (Wildman–Crippen LogP) is 2.52. The molecule has 3 nitrogen and oxygen atoms in total. The van der Waals surface area contributed by atoms with Crippen molar-refractivity contribution in [1.29, 1.82) is 0 Å². The zero-order chi connectivity index (χ0) is 14.1. The molecule has 0 radical (unpaired) electrons. The molecule has 0 bridgehead atoms. The predicted molar refractivity (Wildman–Crippen MR) is 62.8 cm³/mol. The highest BCUT2D eigenvalue weighted by molar-refractivity contribution is 5.84. The normalized spacial score (nSPS) is 28.6. The molecule has 1 N–H and O–H groups in total. The quantitative estimate of drug-likeness (QED) is 0.848. The molecule has 1 aliphatic heterocycles. The Kier molecular flexibility index (Phi) is 4.64. The highest BCUT2D eigenvalue weighted by Crippen LogP contribution is 2.28. The molecule has 0 saturated carbocycles. The molecule has 4 unspecified atom stereocenters. The average molecular weight is 266 g/mol. The van der Waals surface area contributed by atoms with E-state index in [4.69, 9.17) is 0 Å². The van der Waals surface area contributed by atoms with E-state index < -0.39 is 18.6 Å². The van der Waals surface area contributed by atoms with Crippen LogP contribution in [0.1, 0.15) is 40.5 Å². The molecule has 1 aliphatic rings. The van der Waals surface area contributed by atoms with Crippen LogP contribution in [0.4, 0.5) is 13.2 Å². The standard InChI is InChI=1S/C12H21F3N2O/c1-5-7(2)10-11(18)17(9(4)16-10)8(3)6-12(13,14)15/h7-10,16H,5-6H2,1-4H3. The number of nitrogens with one attached hydrogen (secondary N) is 1. The summed E-state index contributed by atoms with van der Waals surface area (Å²) in [6.07, 6.45) is -4.72. The van der Waals surface area contributed by atoms with E-state index in [2.05, 4.69) is 5.32 Å². The van der Waals surface area contributed by atoms with Crippen LogP contribution >= 0.6 is 0 Å². The SMILES string of the molecule is CCC(C)C1NC(C)N(C(C)CC(F)(F)F)C1=O. The van der Waals surface area contributed by atoms with Gasteiger partial charge < -0.3 is 4.90 Å². The summed E-state index contributed by atoms with van der Waals surface area (Å²) in [6, 6.07) is -1.19. The van der Waals surface area contributed by atoms with Crippen molar-refractivity contribution in [2.45, 2.75) is 65.0 Å². The van der Waals surface area contributed by atoms with Crippen molar-refractivity contribution in [3.05, 3.63) is 0 Å². The van der Waals surface area contributed by atoms with Crippen molar-refractivity contribution in [2.75, 3.05) is 0 Å². The van der Waals surface area contributed by atoms with Crippen molar-refractivity contribution in [3.63, 3.8) is 0 Å². The molecule has 0 aromatic carbocycles. The minimum atomic E-state index is -4.24. The first-order valence-electron chi connectivity index (χ1n) is 6.32. The second-order valence-electron chi connectivity index (χ2n) is 5.12. The zero-order valence-electron chi connectivity index (χ0n) is 11.2. The Hall–Kier alpha value is -0.780. The summed E-state index contributed by atoms with van der Waals surface area (Å²) in [5, 5.41) is 3.08. The minimum Gasteiger partial charge on any atom is -0.323 e. The number of nitrogens with zero attached hydrogens (tertiary/aromatic N) is 1. The average Bonchev–Trinajstić information content (AvgIpc) is 2.50. The Morgan fingerprint density at radius 3 is 2.39 bits per heavy atom. The summed E-state index contributed by atoms with van der Waals surface area (Å²) < 4.78 is 37.1. The summed E-state index contributed by atoms with van der Waals surface area (Å²) in [6.45, 7) is 7.07. The summed E-state index contributed by atoms with van der Waals surface area (Å²) >= 11 is 0. The van der Waals surface area contributed by atoms with E-state index in [1.807, 2.05) is 13.8 Å². The van der Waals surface area contributed by atoms with Crippen LogP contribution in [0.2, 0.25) is 0 Å². The van der Waals surface area contributed by atoms with Gasteiger partial charge in [0.05, 0.1) is 18.6 Å². The molecule has 1 heterocycles. The second kappa shape index (κ2) is 5.47. The van der Waals surface area contributed by atoms with Crippen molar-refractivity contribution in [2.24, 2.45) is 5.92 Å². The van der Waals surface area contributed by atoms with Gasteiger partial charge in [-0.25, -0.2) is 0 Å². The highest BCUT2D eigenvalue weighted by Gasteiger charge is 2.43. The van der Waals surface area contributed by atoms with Crippen molar-refractivity contribution in [1.82, 2.24) is 10.2 Å². The number of rotatable bonds is 4. The molecular formula is C12H21F3N2O. The molecule has 0 aromatic heterocycles. The molecule has 1 amide bonds. The molecular weight excluding hydrogens is 245 g/mol. The third-order valence-corrected chi connectivity index (χ3v) is 3.57. The molecule has 18 heavy (non-hydrogen) atoms. The maximum absolute atomic E-state index is 12.4. The zero-order valence-corrected chi connectivity index (χ0v) is 11.2. The van der Waals surface area contributed by atoms with Gasteiger partial charge in [0.2, 0.25) is 5.91 Å². The molecule has 1 fully saturated rings. The summed E-state index contributed by atoms with van der Waals surface area (Å²) in [7, 11) is 0. The van der Waals surface area contributed by atoms with Gasteiger partial charge in [-0.2, -0.15) is 13.2 Å². The Morgan fingerprint density at radius 1 is 1.39 bits per heavy atom. The van der Waals surface area contributed by atoms with Crippen LogP contribution in [0.15, 0.2) is 0 Å². The van der Waals surface area contributed by atoms with Gasteiger partial charge in [0.25, 0.3) is 0 Å². The highest BCUT2D eigenvalue weighted by atomic mass is 19.4. The van der Waals surface area contributed by atoms with Gasteiger partial charge in [-0.3, -0.25) is 10.1 Å². The van der Waals surface area contributed by atoms with Crippen LogP contribution in [0.25, 0.3) is 0 Å². The fourth-order valence-corrected chi connectivity index (χ4v) is 2.44. The van der Waals surface area contributed by atoms with Crippen molar-refractivity contribution in [3.8, 4) is 0 Å². The lowest BCUT2D eigenvalue weighted by molar-refractivity contribution is -0.153. The number of carbonyl (C=O) groups is 1. The third kappa shape index (κ3) is 3.37. The lowest BCUT2D eigenvalue weighted by Gasteiger charge is -2.29. The molecule has 106 valence electrons. The maximum atomic E-state index is 12.4. The molecule has 6 heteroatoms. The topological polar surface area (TPSA) is 32.3 Å². The first-order valence-corrected chi connectivity index (χ1v) is 6.32. The van der Waals surface area contributed by atoms with Gasteiger partial charge in [0.15, 0.2) is 0 Å². The first-order chi connectivity index (χ1) is 8.17. The number of carbonyl (C=O) groups excluding carboxylic acids is 1. The lowest BCUT2D eigenvalue weighted by Crippen LogP contribution is -2.43. The van der Waals surface area contributed by atoms with Crippen molar-refractivity contribution >= 4 is 5.91 Å². The van der Waals surface area contributed by atoms with Crippen LogP contribution in [-0.2, 0) is 4.79 Å². The van der Waals surface area contributed by atoms with Gasteiger partial charge in [0, 0.05) is 6.04 Å². The Bertz CT molecular complexity index is 306. The molecule has 0 aromatic rings. The molecule has 4 atom stereocenters. The molecule has 1 rings (SSSR count). The van der Waals surface area contributed by atoms with Crippen LogP contribution in [0, 0.1) is 5.92 Å². The fourth-order valence-electron chi connectivity index (χ4n) is 2.44. The summed E-state index contributed by atoms with van der Waals surface area (Å²) in [5.74, 6) is -0.0864. The van der Waals surface area contributed by atoms with Crippen LogP contribution in [0.3, 0.4) is 0 Å². The summed E-state index contributed by atoms with van der Waals surface area (Å²) in [4.78, 5) is 13.5. The molecule has 1 saturated heterocycles. The fraction of sp³-hybridized carbons (Fsp3) is 0.917. The monoisotopic (exact) mass is 266 g/mol. The number of hydrogen-bond acceptors (Lipinski definition) is 2. The Morgan fingerprint density at radius 2 is 1.94 bits per heavy atom. The largest absolute Gasteiger partial charge is 0.391 e. The Balaban J connectivity index is 2.75. The van der Waals surface area contributed by atoms with Gasteiger partial charge in [-0.05, 0) is 19.8 Å². The van der Waals surface area contributed by atoms with Crippen molar-refractivity contribution < 1.29 is 18.0 Å². The van der Waals surface area contributed by atoms with E-state index in [1.165, 1.54) is 11.8 Å². The minimum absolute atomic E-state index is 0.128. The smallest absolute Gasteiger partial charge is 0.323 e. The van der Waals surface area contributed by atoms with Gasteiger partial charge >= 0.3 is 6.18 Å². The molecule has 0 aliphatic carbocycles. The number of hydrogen-bond donors (Lipinski definition) is 1. The number of halogens is 3. The van der Waals surface area contributed by atoms with Crippen LogP contribution < -0.4 is 5.32 Å². The van der Waals surface area contributed by atoms with Crippen LogP contribution in [-0.4, -0.2) is 35.2 Å². The first kappa shape index (κ1) is 15.3. The third-order valence-electron chi connectivity index (χ3n) is 3.57. The Labute approximate surface area is 106 Å². The number of amides is 1.